The van der Waals surface area contributed by atoms with Crippen LogP contribution < -0.4 is 5.56 Å². The van der Waals surface area contributed by atoms with Gasteiger partial charge in [0.15, 0.2) is 0 Å². The van der Waals surface area contributed by atoms with Crippen molar-refractivity contribution in [3.63, 3.8) is 0 Å². The molecule has 0 amide bonds. The normalized spacial score (nSPS) is 13.7. The summed E-state index contributed by atoms with van der Waals surface area (Å²) < 4.78 is 6.38. The largest absolute Gasteiger partial charge is 0.465 e. The lowest BCUT2D eigenvalue weighted by molar-refractivity contribution is 0.0598. The second kappa shape index (κ2) is 3.53. The second-order valence-electron chi connectivity index (χ2n) is 3.74. The van der Waals surface area contributed by atoms with E-state index in [1.807, 2.05) is 0 Å². The van der Waals surface area contributed by atoms with Crippen molar-refractivity contribution in [3.05, 3.63) is 33.2 Å². The Bertz CT molecular complexity index is 473. The first-order chi connectivity index (χ1) is 7.15. The Labute approximate surface area is 87.5 Å². The molecular formula is C11H13NO3. The number of hydrogen-bond acceptors (Lipinski definition) is 3. The highest BCUT2D eigenvalue weighted by Gasteiger charge is 2.21. The van der Waals surface area contributed by atoms with Crippen LogP contribution in [0.1, 0.15) is 28.0 Å². The van der Waals surface area contributed by atoms with Gasteiger partial charge in [0.2, 0.25) is 0 Å². The topological polar surface area (TPSA) is 48.3 Å². The predicted octanol–water partition coefficient (Wildman–Crippen LogP) is 0.890. The number of carbonyl (C=O) groups excluding carboxylic acids is 1. The molecule has 15 heavy (non-hydrogen) atoms. The fourth-order valence-corrected chi connectivity index (χ4v) is 2.04. The molecule has 4 heteroatoms. The molecule has 0 saturated heterocycles. The smallest absolute Gasteiger partial charge is 0.339 e. The van der Waals surface area contributed by atoms with Crippen molar-refractivity contribution in [2.24, 2.45) is 0 Å². The Hall–Kier alpha value is -1.58. The SMILES string of the molecule is COC(=O)c1cc(C)c(=O)n2c1CCC2. The lowest BCUT2D eigenvalue weighted by Crippen LogP contribution is -2.24. The molecule has 0 atom stereocenters. The molecule has 0 unspecified atom stereocenters. The summed E-state index contributed by atoms with van der Waals surface area (Å²) in [5.74, 6) is -0.358. The predicted molar refractivity (Wildman–Crippen MR) is 55.1 cm³/mol. The average molecular weight is 207 g/mol. The van der Waals surface area contributed by atoms with Crippen LogP contribution in [0.25, 0.3) is 0 Å². The summed E-state index contributed by atoms with van der Waals surface area (Å²) in [4.78, 5) is 23.2. The second-order valence-corrected chi connectivity index (χ2v) is 3.74. The van der Waals surface area contributed by atoms with Crippen molar-refractivity contribution in [1.82, 2.24) is 4.57 Å². The molecule has 0 bridgehead atoms. The minimum Gasteiger partial charge on any atom is -0.465 e. The molecule has 80 valence electrons. The fourth-order valence-electron chi connectivity index (χ4n) is 2.04. The quantitative estimate of drug-likeness (QED) is 0.642. The molecule has 0 spiro atoms. The summed E-state index contributed by atoms with van der Waals surface area (Å²) >= 11 is 0. The summed E-state index contributed by atoms with van der Waals surface area (Å²) in [6.45, 7) is 2.43. The van der Waals surface area contributed by atoms with Gasteiger partial charge >= 0.3 is 5.97 Å². The van der Waals surface area contributed by atoms with Gasteiger partial charge in [0.05, 0.1) is 12.7 Å². The summed E-state index contributed by atoms with van der Waals surface area (Å²) in [7, 11) is 1.36. The molecule has 1 aromatic rings. The van der Waals surface area contributed by atoms with Crippen LogP contribution in [0.4, 0.5) is 0 Å². The van der Waals surface area contributed by atoms with Crippen molar-refractivity contribution in [2.45, 2.75) is 26.3 Å². The first-order valence-electron chi connectivity index (χ1n) is 4.96. The number of pyridine rings is 1. The first kappa shape index (κ1) is 9.96. The van der Waals surface area contributed by atoms with E-state index < -0.39 is 0 Å². The number of carbonyl (C=O) groups is 1. The third-order valence-electron chi connectivity index (χ3n) is 2.78. The van der Waals surface area contributed by atoms with E-state index in [4.69, 9.17) is 4.74 Å². The van der Waals surface area contributed by atoms with Crippen molar-refractivity contribution >= 4 is 5.97 Å². The van der Waals surface area contributed by atoms with Gasteiger partial charge in [-0.25, -0.2) is 4.79 Å². The van der Waals surface area contributed by atoms with Crippen LogP contribution >= 0.6 is 0 Å². The number of fused-ring (bicyclic) bond motifs is 1. The number of aromatic nitrogens is 1. The van der Waals surface area contributed by atoms with Crippen LogP contribution in [0.3, 0.4) is 0 Å². The third kappa shape index (κ3) is 1.46. The molecule has 2 heterocycles. The van der Waals surface area contributed by atoms with Crippen molar-refractivity contribution < 1.29 is 9.53 Å². The van der Waals surface area contributed by atoms with E-state index in [0.29, 0.717) is 17.7 Å². The summed E-state index contributed by atoms with van der Waals surface area (Å²) in [5, 5.41) is 0. The zero-order valence-corrected chi connectivity index (χ0v) is 8.87. The minimum atomic E-state index is -0.358. The van der Waals surface area contributed by atoms with Gasteiger partial charge in [-0.05, 0) is 25.8 Å². The fraction of sp³-hybridized carbons (Fsp3) is 0.455. The Balaban J connectivity index is 2.67. The summed E-state index contributed by atoms with van der Waals surface area (Å²) in [6.07, 6.45) is 1.70. The highest BCUT2D eigenvalue weighted by atomic mass is 16.5. The van der Waals surface area contributed by atoms with E-state index in [2.05, 4.69) is 0 Å². The summed E-state index contributed by atoms with van der Waals surface area (Å²) in [5.41, 5.74) is 1.96. The molecule has 1 aliphatic rings. The van der Waals surface area contributed by atoms with E-state index in [9.17, 15) is 9.59 Å². The van der Waals surface area contributed by atoms with E-state index in [1.54, 1.807) is 17.6 Å². The zero-order valence-electron chi connectivity index (χ0n) is 8.87. The molecule has 0 radical (unpaired) electrons. The van der Waals surface area contributed by atoms with Crippen LogP contribution in [0.2, 0.25) is 0 Å². The van der Waals surface area contributed by atoms with E-state index >= 15 is 0 Å². The third-order valence-corrected chi connectivity index (χ3v) is 2.78. The Morgan fingerprint density at radius 3 is 2.93 bits per heavy atom. The lowest BCUT2D eigenvalue weighted by atomic mass is 10.1. The van der Waals surface area contributed by atoms with Gasteiger partial charge < -0.3 is 9.30 Å². The maximum absolute atomic E-state index is 11.7. The van der Waals surface area contributed by atoms with Crippen molar-refractivity contribution in [2.75, 3.05) is 7.11 Å². The van der Waals surface area contributed by atoms with Gasteiger partial charge in [0.25, 0.3) is 5.56 Å². The number of hydrogen-bond donors (Lipinski definition) is 0. The zero-order chi connectivity index (χ0) is 11.0. The molecular weight excluding hydrogens is 194 g/mol. The van der Waals surface area contributed by atoms with E-state index in [-0.39, 0.29) is 11.5 Å². The van der Waals surface area contributed by atoms with E-state index in [0.717, 1.165) is 18.5 Å². The number of methoxy groups -OCH3 is 1. The number of nitrogens with zero attached hydrogens (tertiary/aromatic N) is 1. The molecule has 1 aliphatic heterocycles. The van der Waals surface area contributed by atoms with Crippen molar-refractivity contribution in [3.8, 4) is 0 Å². The molecule has 1 aromatic heterocycles. The van der Waals surface area contributed by atoms with Crippen LogP contribution in [-0.4, -0.2) is 17.6 Å². The maximum Gasteiger partial charge on any atom is 0.339 e. The standard InChI is InChI=1S/C11H13NO3/c1-7-6-8(11(14)15-2)9-4-3-5-12(9)10(7)13/h6H,3-5H2,1-2H3. The highest BCUT2D eigenvalue weighted by Crippen LogP contribution is 2.18. The van der Waals surface area contributed by atoms with Crippen LogP contribution in [0.15, 0.2) is 10.9 Å². The van der Waals surface area contributed by atoms with Crippen molar-refractivity contribution in [1.29, 1.82) is 0 Å². The monoisotopic (exact) mass is 207 g/mol. The van der Waals surface area contributed by atoms with Crippen LogP contribution in [0.5, 0.6) is 0 Å². The highest BCUT2D eigenvalue weighted by molar-refractivity contribution is 5.90. The molecule has 0 aliphatic carbocycles. The molecule has 0 saturated carbocycles. The molecule has 2 rings (SSSR count). The van der Waals surface area contributed by atoms with Gasteiger partial charge in [0.1, 0.15) is 0 Å². The number of aryl methyl sites for hydroxylation is 1. The van der Waals surface area contributed by atoms with Crippen LogP contribution in [0, 0.1) is 6.92 Å². The van der Waals surface area contributed by atoms with E-state index in [1.165, 1.54) is 7.11 Å². The average Bonchev–Trinajstić information content (AvgIpc) is 2.71. The lowest BCUT2D eigenvalue weighted by Gasteiger charge is -2.09. The van der Waals surface area contributed by atoms with Gasteiger partial charge in [-0.1, -0.05) is 0 Å². The summed E-state index contributed by atoms with van der Waals surface area (Å²) in [6, 6.07) is 1.63. The molecule has 0 fully saturated rings. The van der Waals surface area contributed by atoms with Gasteiger partial charge in [0, 0.05) is 17.8 Å². The molecule has 0 aromatic carbocycles. The van der Waals surface area contributed by atoms with Gasteiger partial charge in [-0.3, -0.25) is 4.79 Å². The van der Waals surface area contributed by atoms with Gasteiger partial charge in [-0.15, -0.1) is 0 Å². The maximum atomic E-state index is 11.7. The van der Waals surface area contributed by atoms with Gasteiger partial charge in [-0.2, -0.15) is 0 Å². The number of esters is 1. The minimum absolute atomic E-state index is 0.00940. The number of rotatable bonds is 1. The molecule has 0 N–H and O–H groups in total. The Morgan fingerprint density at radius 2 is 2.27 bits per heavy atom. The Morgan fingerprint density at radius 1 is 1.53 bits per heavy atom. The van der Waals surface area contributed by atoms with Crippen LogP contribution in [-0.2, 0) is 17.7 Å². The molecule has 4 nitrogen and oxygen atoms in total. The Kier molecular flexibility index (Phi) is 2.34. The number of ether oxygens (including phenoxy) is 1. The first-order valence-corrected chi connectivity index (χ1v) is 4.96.